The fraction of sp³-hybridized carbons (Fsp3) is 0.182. The first-order valence-corrected chi connectivity index (χ1v) is 5.78. The zero-order valence-corrected chi connectivity index (χ0v) is 10.5. The molecular weight excluding hydrogens is 275 g/mol. The van der Waals surface area contributed by atoms with Gasteiger partial charge in [0, 0.05) is 23.9 Å². The minimum absolute atomic E-state index is 0.196. The van der Waals surface area contributed by atoms with Gasteiger partial charge in [-0.25, -0.2) is 4.98 Å². The molecule has 0 aliphatic heterocycles. The Morgan fingerprint density at radius 2 is 2.00 bits per heavy atom. The van der Waals surface area contributed by atoms with Crippen LogP contribution in [0.3, 0.4) is 0 Å². The highest BCUT2D eigenvalue weighted by Crippen LogP contribution is 2.27. The second-order valence-electron chi connectivity index (χ2n) is 3.31. The molecule has 2 aromatic rings. The standard InChI is InChI=1S/C11H10BrClN2/c1-15-7-6-14-11(15)10(13)8-2-4-9(12)5-3-8/h2-7,10H,1H3/t10-/m0/s1. The number of benzene rings is 1. The molecule has 0 aliphatic rings. The second-order valence-corrected chi connectivity index (χ2v) is 4.66. The summed E-state index contributed by atoms with van der Waals surface area (Å²) in [5, 5.41) is -0.196. The van der Waals surface area contributed by atoms with Gasteiger partial charge in [0.05, 0.1) is 0 Å². The lowest BCUT2D eigenvalue weighted by molar-refractivity contribution is 0.809. The zero-order chi connectivity index (χ0) is 10.8. The monoisotopic (exact) mass is 284 g/mol. The molecule has 0 radical (unpaired) electrons. The maximum absolute atomic E-state index is 6.33. The third kappa shape index (κ3) is 2.24. The van der Waals surface area contributed by atoms with Crippen molar-refractivity contribution in [2.24, 2.45) is 7.05 Å². The van der Waals surface area contributed by atoms with Crippen molar-refractivity contribution >= 4 is 27.5 Å². The van der Waals surface area contributed by atoms with Gasteiger partial charge in [-0.05, 0) is 17.7 Å². The van der Waals surface area contributed by atoms with Gasteiger partial charge in [0.2, 0.25) is 0 Å². The number of aryl methyl sites for hydroxylation is 1. The molecule has 0 spiro atoms. The van der Waals surface area contributed by atoms with Crippen molar-refractivity contribution in [2.75, 3.05) is 0 Å². The van der Waals surface area contributed by atoms with Crippen molar-refractivity contribution in [1.29, 1.82) is 0 Å². The summed E-state index contributed by atoms with van der Waals surface area (Å²) in [5.41, 5.74) is 1.05. The van der Waals surface area contributed by atoms with Gasteiger partial charge in [0.15, 0.2) is 0 Å². The molecule has 2 rings (SSSR count). The second kappa shape index (κ2) is 4.37. The van der Waals surface area contributed by atoms with Crippen LogP contribution in [0.25, 0.3) is 0 Å². The summed E-state index contributed by atoms with van der Waals surface area (Å²) < 4.78 is 2.98. The van der Waals surface area contributed by atoms with E-state index < -0.39 is 0 Å². The van der Waals surface area contributed by atoms with E-state index in [2.05, 4.69) is 20.9 Å². The van der Waals surface area contributed by atoms with Crippen LogP contribution in [0.2, 0.25) is 0 Å². The largest absolute Gasteiger partial charge is 0.336 e. The topological polar surface area (TPSA) is 17.8 Å². The summed E-state index contributed by atoms with van der Waals surface area (Å²) in [4.78, 5) is 4.23. The van der Waals surface area contributed by atoms with Gasteiger partial charge in [-0.3, -0.25) is 0 Å². The van der Waals surface area contributed by atoms with Gasteiger partial charge < -0.3 is 4.57 Å². The molecule has 4 heteroatoms. The van der Waals surface area contributed by atoms with Crippen LogP contribution in [0.1, 0.15) is 16.8 Å². The van der Waals surface area contributed by atoms with Crippen molar-refractivity contribution in [2.45, 2.75) is 5.38 Å². The fourth-order valence-electron chi connectivity index (χ4n) is 1.40. The fourth-order valence-corrected chi connectivity index (χ4v) is 2.02. The highest BCUT2D eigenvalue weighted by Gasteiger charge is 2.14. The quantitative estimate of drug-likeness (QED) is 0.772. The van der Waals surface area contributed by atoms with Crippen LogP contribution in [-0.2, 0) is 7.05 Å². The van der Waals surface area contributed by atoms with Crippen LogP contribution in [0.4, 0.5) is 0 Å². The van der Waals surface area contributed by atoms with Crippen molar-refractivity contribution < 1.29 is 0 Å². The van der Waals surface area contributed by atoms with Crippen molar-refractivity contribution in [3.8, 4) is 0 Å². The summed E-state index contributed by atoms with van der Waals surface area (Å²) in [5.74, 6) is 0.860. The van der Waals surface area contributed by atoms with Gasteiger partial charge in [0.25, 0.3) is 0 Å². The average Bonchev–Trinajstić information content (AvgIpc) is 2.65. The Morgan fingerprint density at radius 3 is 2.53 bits per heavy atom. The van der Waals surface area contributed by atoms with E-state index in [0.29, 0.717) is 0 Å². The highest BCUT2D eigenvalue weighted by molar-refractivity contribution is 9.10. The number of nitrogens with zero attached hydrogens (tertiary/aromatic N) is 2. The van der Waals surface area contributed by atoms with E-state index in [-0.39, 0.29) is 5.38 Å². The minimum Gasteiger partial charge on any atom is -0.336 e. The average molecular weight is 286 g/mol. The Kier molecular flexibility index (Phi) is 3.12. The summed E-state index contributed by atoms with van der Waals surface area (Å²) in [6.07, 6.45) is 3.65. The van der Waals surface area contributed by atoms with E-state index >= 15 is 0 Å². The predicted octanol–water partition coefficient (Wildman–Crippen LogP) is 3.51. The molecule has 0 amide bonds. The van der Waals surface area contributed by atoms with E-state index in [1.807, 2.05) is 42.1 Å². The lowest BCUT2D eigenvalue weighted by Gasteiger charge is -2.09. The highest BCUT2D eigenvalue weighted by atomic mass is 79.9. The molecule has 2 nitrogen and oxygen atoms in total. The van der Waals surface area contributed by atoms with Gasteiger partial charge in [-0.1, -0.05) is 28.1 Å². The maximum atomic E-state index is 6.33. The number of rotatable bonds is 2. The maximum Gasteiger partial charge on any atom is 0.131 e. The molecule has 1 heterocycles. The Morgan fingerprint density at radius 1 is 1.33 bits per heavy atom. The molecule has 0 N–H and O–H groups in total. The molecule has 0 aliphatic carbocycles. The van der Waals surface area contributed by atoms with E-state index in [0.717, 1.165) is 15.9 Å². The molecule has 0 bridgehead atoms. The van der Waals surface area contributed by atoms with Crippen molar-refractivity contribution in [3.63, 3.8) is 0 Å². The molecule has 0 saturated carbocycles. The first-order valence-electron chi connectivity index (χ1n) is 4.55. The van der Waals surface area contributed by atoms with Crippen LogP contribution < -0.4 is 0 Å². The van der Waals surface area contributed by atoms with Crippen LogP contribution in [0.5, 0.6) is 0 Å². The van der Waals surface area contributed by atoms with Gasteiger partial charge in [-0.15, -0.1) is 11.6 Å². The Balaban J connectivity index is 2.32. The Labute approximate surface area is 102 Å². The molecule has 1 atom stereocenters. The number of imidazole rings is 1. The minimum atomic E-state index is -0.196. The third-order valence-corrected chi connectivity index (χ3v) is 3.22. The first-order chi connectivity index (χ1) is 7.18. The summed E-state index contributed by atoms with van der Waals surface area (Å²) in [7, 11) is 1.94. The van der Waals surface area contributed by atoms with E-state index in [4.69, 9.17) is 11.6 Å². The van der Waals surface area contributed by atoms with E-state index in [9.17, 15) is 0 Å². The van der Waals surface area contributed by atoms with Gasteiger partial charge in [0.1, 0.15) is 11.2 Å². The Bertz CT molecular complexity index is 450. The molecule has 0 fully saturated rings. The summed E-state index contributed by atoms with van der Waals surface area (Å²) in [6, 6.07) is 7.95. The smallest absolute Gasteiger partial charge is 0.131 e. The van der Waals surface area contributed by atoms with Crippen LogP contribution in [-0.4, -0.2) is 9.55 Å². The molecule has 1 aromatic carbocycles. The van der Waals surface area contributed by atoms with E-state index in [1.54, 1.807) is 6.20 Å². The SMILES string of the molecule is Cn1ccnc1[C@@H](Cl)c1ccc(Br)cc1. The number of hydrogen-bond acceptors (Lipinski definition) is 1. The molecular formula is C11H10BrClN2. The molecule has 15 heavy (non-hydrogen) atoms. The first kappa shape index (κ1) is 10.7. The van der Waals surface area contributed by atoms with Crippen molar-refractivity contribution in [1.82, 2.24) is 9.55 Å². The van der Waals surface area contributed by atoms with Gasteiger partial charge >= 0.3 is 0 Å². The number of aromatic nitrogens is 2. The van der Waals surface area contributed by atoms with Crippen LogP contribution in [0, 0.1) is 0 Å². The van der Waals surface area contributed by atoms with Crippen LogP contribution in [0.15, 0.2) is 41.1 Å². The van der Waals surface area contributed by atoms with Crippen LogP contribution >= 0.6 is 27.5 Å². The molecule has 0 saturated heterocycles. The Hall–Kier alpha value is -0.800. The van der Waals surface area contributed by atoms with Gasteiger partial charge in [-0.2, -0.15) is 0 Å². The lowest BCUT2D eigenvalue weighted by atomic mass is 10.1. The summed E-state index contributed by atoms with van der Waals surface area (Å²) >= 11 is 9.73. The summed E-state index contributed by atoms with van der Waals surface area (Å²) in [6.45, 7) is 0. The van der Waals surface area contributed by atoms with E-state index in [1.165, 1.54) is 0 Å². The normalized spacial score (nSPS) is 12.7. The third-order valence-electron chi connectivity index (χ3n) is 2.25. The van der Waals surface area contributed by atoms with Crippen molar-refractivity contribution in [3.05, 3.63) is 52.5 Å². The molecule has 78 valence electrons. The number of halogens is 2. The molecule has 0 unspecified atom stereocenters. The zero-order valence-electron chi connectivity index (χ0n) is 8.19. The number of alkyl halides is 1. The predicted molar refractivity (Wildman–Crippen MR) is 65.0 cm³/mol. The molecule has 1 aromatic heterocycles. The lowest BCUT2D eigenvalue weighted by Crippen LogP contribution is -2.01. The number of hydrogen-bond donors (Lipinski definition) is 0.